The van der Waals surface area contributed by atoms with Crippen LogP contribution in [0.1, 0.15) is 10.5 Å². The molecule has 8 heteroatoms. The molecule has 0 radical (unpaired) electrons. The molecule has 0 aliphatic carbocycles. The van der Waals surface area contributed by atoms with Gasteiger partial charge in [-0.1, -0.05) is 17.7 Å². The van der Waals surface area contributed by atoms with Gasteiger partial charge in [0, 0.05) is 5.56 Å². The van der Waals surface area contributed by atoms with Gasteiger partial charge in [0.1, 0.15) is 5.82 Å². The van der Waals surface area contributed by atoms with Crippen LogP contribution in [0.15, 0.2) is 30.3 Å². The summed E-state index contributed by atoms with van der Waals surface area (Å²) in [7, 11) is 0. The molecule has 0 unspecified atom stereocenters. The highest BCUT2D eigenvalue weighted by Gasteiger charge is 2.16. The van der Waals surface area contributed by atoms with E-state index in [1.54, 1.807) is 6.07 Å². The Kier molecular flexibility index (Phi) is 2.99. The van der Waals surface area contributed by atoms with Crippen LogP contribution < -0.4 is 5.73 Å². The number of pyridine rings is 1. The van der Waals surface area contributed by atoms with Crippen molar-refractivity contribution in [2.75, 3.05) is 5.73 Å². The van der Waals surface area contributed by atoms with Crippen molar-refractivity contribution in [2.45, 2.75) is 0 Å². The van der Waals surface area contributed by atoms with E-state index in [9.17, 15) is 9.18 Å². The Balaban J connectivity index is 2.31. The lowest BCUT2D eigenvalue weighted by molar-refractivity contribution is 0.0687. The maximum atomic E-state index is 13.2. The summed E-state index contributed by atoms with van der Waals surface area (Å²) in [6, 6.07) is 7.09. The molecule has 106 valence electrons. The fourth-order valence-corrected chi connectivity index (χ4v) is 2.21. The van der Waals surface area contributed by atoms with Crippen LogP contribution in [0.2, 0.25) is 5.02 Å². The molecule has 3 rings (SSSR count). The lowest BCUT2D eigenvalue weighted by Gasteiger charge is -2.06. The van der Waals surface area contributed by atoms with Crippen molar-refractivity contribution in [1.29, 1.82) is 0 Å². The lowest BCUT2D eigenvalue weighted by atomic mass is 10.1. The molecule has 0 amide bonds. The summed E-state index contributed by atoms with van der Waals surface area (Å²) in [4.78, 5) is 15.2. The minimum Gasteiger partial charge on any atom is -0.477 e. The van der Waals surface area contributed by atoms with E-state index in [2.05, 4.69) is 10.1 Å². The van der Waals surface area contributed by atoms with E-state index >= 15 is 0 Å². The van der Waals surface area contributed by atoms with E-state index in [1.807, 2.05) is 0 Å². The summed E-state index contributed by atoms with van der Waals surface area (Å²) in [5.74, 6) is -1.76. The summed E-state index contributed by atoms with van der Waals surface area (Å²) in [5, 5.41) is 12.9. The monoisotopic (exact) mass is 306 g/mol. The number of rotatable bonds is 2. The Morgan fingerprint density at radius 1 is 1.33 bits per heavy atom. The fourth-order valence-electron chi connectivity index (χ4n) is 2.03. The van der Waals surface area contributed by atoms with E-state index in [0.717, 1.165) is 4.52 Å². The minimum atomic E-state index is -1.16. The second-order valence-corrected chi connectivity index (χ2v) is 4.68. The first kappa shape index (κ1) is 13.3. The molecule has 0 aliphatic heterocycles. The number of carboxylic acids is 1. The number of carbonyl (C=O) groups is 1. The van der Waals surface area contributed by atoms with E-state index in [4.69, 9.17) is 22.4 Å². The molecular formula is C13H8ClFN4O2. The molecule has 0 fully saturated rings. The Morgan fingerprint density at radius 3 is 2.76 bits per heavy atom. The number of aromatic carboxylic acids is 1. The third-order valence-electron chi connectivity index (χ3n) is 2.95. The highest BCUT2D eigenvalue weighted by atomic mass is 35.5. The summed E-state index contributed by atoms with van der Waals surface area (Å²) < 4.78 is 14.4. The first-order valence-electron chi connectivity index (χ1n) is 5.81. The van der Waals surface area contributed by atoms with Crippen molar-refractivity contribution in [3.63, 3.8) is 0 Å². The van der Waals surface area contributed by atoms with Crippen LogP contribution in [-0.2, 0) is 0 Å². The van der Waals surface area contributed by atoms with E-state index in [0.29, 0.717) is 11.1 Å². The molecule has 0 saturated heterocycles. The highest BCUT2D eigenvalue weighted by molar-refractivity contribution is 6.31. The molecular weight excluding hydrogens is 299 g/mol. The SMILES string of the molecule is Nc1nc2c(-c3ccc(F)c(Cl)c3)ccc(C(=O)O)n2n1. The molecule has 0 bridgehead atoms. The maximum Gasteiger partial charge on any atom is 0.354 e. The molecule has 3 N–H and O–H groups in total. The molecule has 0 aliphatic rings. The van der Waals surface area contributed by atoms with Crippen LogP contribution in [0.3, 0.4) is 0 Å². The fraction of sp³-hybridized carbons (Fsp3) is 0. The molecule has 2 heterocycles. The second-order valence-electron chi connectivity index (χ2n) is 4.27. The quantitative estimate of drug-likeness (QED) is 0.758. The Bertz CT molecular complexity index is 878. The molecule has 0 spiro atoms. The molecule has 3 aromatic rings. The third kappa shape index (κ3) is 2.17. The standard InChI is InChI=1S/C13H8ClFN4O2/c14-8-5-6(1-3-9(8)15)7-2-4-10(12(20)21)19-11(7)17-13(16)18-19/h1-5H,(H2,16,18)(H,20,21). The number of nitrogen functional groups attached to an aromatic ring is 1. The number of fused-ring (bicyclic) bond motifs is 1. The Hall–Kier alpha value is -2.67. The number of nitrogens with zero attached hydrogens (tertiary/aromatic N) is 3. The van der Waals surface area contributed by atoms with Gasteiger partial charge in [0.2, 0.25) is 5.95 Å². The summed E-state index contributed by atoms with van der Waals surface area (Å²) >= 11 is 5.77. The predicted octanol–water partition coefficient (Wildman–Crippen LogP) is 2.47. The molecule has 0 saturated carbocycles. The van der Waals surface area contributed by atoms with Crippen molar-refractivity contribution in [3.05, 3.63) is 46.9 Å². The number of anilines is 1. The first-order chi connectivity index (χ1) is 9.97. The number of hydrogen-bond donors (Lipinski definition) is 2. The van der Waals surface area contributed by atoms with Gasteiger partial charge in [0.15, 0.2) is 11.3 Å². The van der Waals surface area contributed by atoms with Gasteiger partial charge in [0.05, 0.1) is 5.02 Å². The number of halogens is 2. The van der Waals surface area contributed by atoms with Crippen LogP contribution in [0, 0.1) is 5.82 Å². The van der Waals surface area contributed by atoms with Gasteiger partial charge >= 0.3 is 5.97 Å². The number of hydrogen-bond acceptors (Lipinski definition) is 4. The topological polar surface area (TPSA) is 93.5 Å². The van der Waals surface area contributed by atoms with Gasteiger partial charge in [-0.05, 0) is 29.8 Å². The lowest BCUT2D eigenvalue weighted by Crippen LogP contribution is -2.07. The highest BCUT2D eigenvalue weighted by Crippen LogP contribution is 2.28. The van der Waals surface area contributed by atoms with Gasteiger partial charge in [-0.15, -0.1) is 5.10 Å². The summed E-state index contributed by atoms with van der Waals surface area (Å²) in [5.41, 5.74) is 6.85. The second kappa shape index (κ2) is 4.71. The number of carboxylic acid groups (broad SMARTS) is 1. The maximum absolute atomic E-state index is 13.2. The Morgan fingerprint density at radius 2 is 2.10 bits per heavy atom. The normalized spacial score (nSPS) is 11.0. The van der Waals surface area contributed by atoms with Crippen molar-refractivity contribution < 1.29 is 14.3 Å². The van der Waals surface area contributed by atoms with Crippen molar-refractivity contribution in [2.24, 2.45) is 0 Å². The number of aromatic nitrogens is 3. The van der Waals surface area contributed by atoms with Crippen LogP contribution in [0.5, 0.6) is 0 Å². The van der Waals surface area contributed by atoms with Crippen molar-refractivity contribution in [3.8, 4) is 11.1 Å². The van der Waals surface area contributed by atoms with Gasteiger partial charge in [0.25, 0.3) is 0 Å². The largest absolute Gasteiger partial charge is 0.477 e. The smallest absolute Gasteiger partial charge is 0.354 e. The minimum absolute atomic E-state index is 0.0413. The van der Waals surface area contributed by atoms with Crippen molar-refractivity contribution in [1.82, 2.24) is 14.6 Å². The predicted molar refractivity (Wildman–Crippen MR) is 74.8 cm³/mol. The van der Waals surface area contributed by atoms with E-state index < -0.39 is 11.8 Å². The summed E-state index contributed by atoms with van der Waals surface area (Å²) in [6.45, 7) is 0. The average Bonchev–Trinajstić information content (AvgIpc) is 2.81. The van der Waals surface area contributed by atoms with Crippen molar-refractivity contribution >= 4 is 29.2 Å². The summed E-state index contributed by atoms with van der Waals surface area (Å²) in [6.07, 6.45) is 0. The molecule has 1 aromatic carbocycles. The van der Waals surface area contributed by atoms with Gasteiger partial charge in [-0.2, -0.15) is 4.98 Å². The molecule has 0 atom stereocenters. The first-order valence-corrected chi connectivity index (χ1v) is 6.19. The zero-order chi connectivity index (χ0) is 15.1. The molecule has 2 aromatic heterocycles. The van der Waals surface area contributed by atoms with Crippen LogP contribution >= 0.6 is 11.6 Å². The molecule has 6 nitrogen and oxygen atoms in total. The van der Waals surface area contributed by atoms with Gasteiger partial charge in [-0.25, -0.2) is 13.7 Å². The third-order valence-corrected chi connectivity index (χ3v) is 3.24. The van der Waals surface area contributed by atoms with Crippen LogP contribution in [0.25, 0.3) is 16.8 Å². The van der Waals surface area contributed by atoms with Crippen LogP contribution in [-0.4, -0.2) is 25.7 Å². The number of nitrogens with two attached hydrogens (primary N) is 1. The zero-order valence-corrected chi connectivity index (χ0v) is 11.2. The zero-order valence-electron chi connectivity index (χ0n) is 10.4. The van der Waals surface area contributed by atoms with Gasteiger partial charge in [-0.3, -0.25) is 0 Å². The van der Waals surface area contributed by atoms with E-state index in [-0.39, 0.29) is 22.3 Å². The van der Waals surface area contributed by atoms with E-state index in [1.165, 1.54) is 24.3 Å². The average molecular weight is 307 g/mol. The van der Waals surface area contributed by atoms with Crippen LogP contribution in [0.4, 0.5) is 10.3 Å². The molecule has 21 heavy (non-hydrogen) atoms. The number of benzene rings is 1. The Labute approximate surface area is 122 Å². The van der Waals surface area contributed by atoms with Gasteiger partial charge < -0.3 is 10.8 Å².